The number of rotatable bonds is 6. The number of halogens is 1. The number of carbonyl (C=O) groups is 1. The van der Waals surface area contributed by atoms with E-state index in [1.165, 1.54) is 6.20 Å². The van der Waals surface area contributed by atoms with Crippen molar-refractivity contribution in [2.24, 2.45) is 0 Å². The Hall–Kier alpha value is -3.36. The van der Waals surface area contributed by atoms with E-state index in [9.17, 15) is 4.79 Å². The van der Waals surface area contributed by atoms with Crippen molar-refractivity contribution in [3.8, 4) is 6.07 Å². The van der Waals surface area contributed by atoms with Gasteiger partial charge >= 0.3 is 0 Å². The molecule has 3 aromatic rings. The van der Waals surface area contributed by atoms with Gasteiger partial charge in [0.15, 0.2) is 0 Å². The maximum absolute atomic E-state index is 12.2. The number of hydrogen-bond acceptors (Lipinski definition) is 4. The Kier molecular flexibility index (Phi) is 6.03. The van der Waals surface area contributed by atoms with Crippen LogP contribution in [-0.2, 0) is 6.42 Å². The smallest absolute Gasteiger partial charge is 0.252 e. The lowest BCUT2D eigenvalue weighted by atomic mass is 10.1. The van der Waals surface area contributed by atoms with Gasteiger partial charge in [-0.05, 0) is 60.5 Å². The molecule has 0 atom stereocenters. The molecule has 0 unspecified atom stereocenters. The molecule has 0 aliphatic carbocycles. The third kappa shape index (κ3) is 5.30. The summed E-state index contributed by atoms with van der Waals surface area (Å²) < 4.78 is 0. The Morgan fingerprint density at radius 3 is 2.41 bits per heavy atom. The van der Waals surface area contributed by atoms with Gasteiger partial charge in [-0.2, -0.15) is 5.26 Å². The molecule has 0 aliphatic rings. The molecule has 3 rings (SSSR count). The Labute approximate surface area is 162 Å². The molecule has 1 heterocycles. The van der Waals surface area contributed by atoms with Crippen molar-refractivity contribution in [1.29, 1.82) is 5.26 Å². The van der Waals surface area contributed by atoms with Crippen LogP contribution in [0.2, 0.25) is 5.02 Å². The summed E-state index contributed by atoms with van der Waals surface area (Å²) in [5.74, 6) is 0.457. The van der Waals surface area contributed by atoms with Gasteiger partial charge in [-0.1, -0.05) is 23.7 Å². The molecule has 0 aliphatic heterocycles. The van der Waals surface area contributed by atoms with Gasteiger partial charge in [0.25, 0.3) is 5.91 Å². The Morgan fingerprint density at radius 1 is 1.04 bits per heavy atom. The molecular weight excluding hydrogens is 360 g/mol. The zero-order valence-corrected chi connectivity index (χ0v) is 15.2. The van der Waals surface area contributed by atoms with E-state index >= 15 is 0 Å². The average Bonchev–Trinajstić information content (AvgIpc) is 2.70. The number of hydrogen-bond donors (Lipinski definition) is 2. The number of anilines is 2. The van der Waals surface area contributed by atoms with Gasteiger partial charge in [0, 0.05) is 23.5 Å². The van der Waals surface area contributed by atoms with Crippen molar-refractivity contribution in [3.63, 3.8) is 0 Å². The highest BCUT2D eigenvalue weighted by Gasteiger charge is 2.06. The fraction of sp³-hybridized carbons (Fsp3) is 0.0952. The van der Waals surface area contributed by atoms with Crippen LogP contribution in [0.15, 0.2) is 66.9 Å². The summed E-state index contributed by atoms with van der Waals surface area (Å²) in [5, 5.41) is 15.5. The standard InChI is InChI=1S/C21H17ClN4O/c22-18-6-1-15(2-7-18)11-12-24-21(27)17-5-10-20(25-14-17)26-19-8-3-16(13-23)4-9-19/h1-10,14H,11-12H2,(H,24,27)(H,25,26). The minimum atomic E-state index is -0.165. The first-order chi connectivity index (χ1) is 13.1. The Balaban J connectivity index is 1.52. The number of amides is 1. The lowest BCUT2D eigenvalue weighted by Gasteiger charge is -2.08. The molecule has 5 nitrogen and oxygen atoms in total. The molecule has 134 valence electrons. The van der Waals surface area contributed by atoms with E-state index in [4.69, 9.17) is 16.9 Å². The maximum Gasteiger partial charge on any atom is 0.252 e. The van der Waals surface area contributed by atoms with Crippen LogP contribution in [-0.4, -0.2) is 17.4 Å². The van der Waals surface area contributed by atoms with Crippen LogP contribution in [0, 0.1) is 11.3 Å². The summed E-state index contributed by atoms with van der Waals surface area (Å²) in [6.45, 7) is 0.533. The maximum atomic E-state index is 12.2. The Bertz CT molecular complexity index is 945. The van der Waals surface area contributed by atoms with E-state index in [0.717, 1.165) is 17.7 Å². The lowest BCUT2D eigenvalue weighted by molar-refractivity contribution is 0.0954. The number of benzene rings is 2. The summed E-state index contributed by atoms with van der Waals surface area (Å²) in [4.78, 5) is 16.5. The molecule has 1 aromatic heterocycles. The zero-order chi connectivity index (χ0) is 19.1. The van der Waals surface area contributed by atoms with Crippen LogP contribution in [0.5, 0.6) is 0 Å². The van der Waals surface area contributed by atoms with E-state index < -0.39 is 0 Å². The van der Waals surface area contributed by atoms with E-state index in [0.29, 0.717) is 28.5 Å². The van der Waals surface area contributed by atoms with Crippen LogP contribution in [0.1, 0.15) is 21.5 Å². The van der Waals surface area contributed by atoms with Crippen molar-refractivity contribution in [2.75, 3.05) is 11.9 Å². The van der Waals surface area contributed by atoms with Gasteiger partial charge in [-0.15, -0.1) is 0 Å². The molecule has 0 fully saturated rings. The summed E-state index contributed by atoms with van der Waals surface area (Å²) in [6, 6.07) is 20.2. The minimum absolute atomic E-state index is 0.165. The molecule has 2 N–H and O–H groups in total. The topological polar surface area (TPSA) is 77.8 Å². The fourth-order valence-electron chi connectivity index (χ4n) is 2.45. The van der Waals surface area contributed by atoms with Crippen LogP contribution in [0.4, 0.5) is 11.5 Å². The van der Waals surface area contributed by atoms with Gasteiger partial charge in [0.05, 0.1) is 17.2 Å². The van der Waals surface area contributed by atoms with E-state index in [1.54, 1.807) is 36.4 Å². The van der Waals surface area contributed by atoms with E-state index in [2.05, 4.69) is 21.7 Å². The van der Waals surface area contributed by atoms with Crippen LogP contribution >= 0.6 is 11.6 Å². The third-order valence-corrected chi connectivity index (χ3v) is 4.18. The van der Waals surface area contributed by atoms with Crippen LogP contribution in [0.3, 0.4) is 0 Å². The second kappa shape index (κ2) is 8.84. The number of carbonyl (C=O) groups excluding carboxylic acids is 1. The first-order valence-electron chi connectivity index (χ1n) is 8.40. The largest absolute Gasteiger partial charge is 0.352 e. The lowest BCUT2D eigenvalue weighted by Crippen LogP contribution is -2.25. The molecular formula is C21H17ClN4O. The number of pyridine rings is 1. The molecule has 0 bridgehead atoms. The van der Waals surface area contributed by atoms with E-state index in [1.807, 2.05) is 24.3 Å². The molecule has 0 saturated carbocycles. The first-order valence-corrected chi connectivity index (χ1v) is 8.78. The predicted molar refractivity (Wildman–Crippen MR) is 106 cm³/mol. The predicted octanol–water partition coefficient (Wildman–Crippen LogP) is 4.32. The number of nitriles is 1. The first kappa shape index (κ1) is 18.4. The van der Waals surface area contributed by atoms with Crippen molar-refractivity contribution >= 4 is 29.0 Å². The quantitative estimate of drug-likeness (QED) is 0.671. The highest BCUT2D eigenvalue weighted by molar-refractivity contribution is 6.30. The molecule has 0 spiro atoms. The van der Waals surface area contributed by atoms with Crippen molar-refractivity contribution in [2.45, 2.75) is 6.42 Å². The average molecular weight is 377 g/mol. The zero-order valence-electron chi connectivity index (χ0n) is 14.4. The SMILES string of the molecule is N#Cc1ccc(Nc2ccc(C(=O)NCCc3ccc(Cl)cc3)cn2)cc1. The van der Waals surface area contributed by atoms with Crippen LogP contribution in [0.25, 0.3) is 0 Å². The minimum Gasteiger partial charge on any atom is -0.352 e. The summed E-state index contributed by atoms with van der Waals surface area (Å²) >= 11 is 5.86. The number of nitrogens with zero attached hydrogens (tertiary/aromatic N) is 2. The third-order valence-electron chi connectivity index (χ3n) is 3.92. The number of nitrogens with one attached hydrogen (secondary N) is 2. The van der Waals surface area contributed by atoms with Crippen molar-refractivity contribution in [3.05, 3.63) is 88.6 Å². The molecule has 0 saturated heterocycles. The summed E-state index contributed by atoms with van der Waals surface area (Å²) in [7, 11) is 0. The summed E-state index contributed by atoms with van der Waals surface area (Å²) in [6.07, 6.45) is 2.26. The van der Waals surface area contributed by atoms with Gasteiger partial charge in [0.1, 0.15) is 5.82 Å². The molecule has 0 radical (unpaired) electrons. The molecule has 1 amide bonds. The molecule has 6 heteroatoms. The second-order valence-electron chi connectivity index (χ2n) is 5.88. The van der Waals surface area contributed by atoms with E-state index in [-0.39, 0.29) is 5.91 Å². The van der Waals surface area contributed by atoms with Crippen LogP contribution < -0.4 is 10.6 Å². The van der Waals surface area contributed by atoms with Gasteiger partial charge in [0.2, 0.25) is 0 Å². The second-order valence-corrected chi connectivity index (χ2v) is 6.32. The monoisotopic (exact) mass is 376 g/mol. The normalized spacial score (nSPS) is 10.1. The summed E-state index contributed by atoms with van der Waals surface area (Å²) in [5.41, 5.74) is 3.03. The molecule has 2 aromatic carbocycles. The van der Waals surface area contributed by atoms with Crippen molar-refractivity contribution < 1.29 is 4.79 Å². The Morgan fingerprint density at radius 2 is 1.78 bits per heavy atom. The van der Waals surface area contributed by atoms with Gasteiger partial charge < -0.3 is 10.6 Å². The fourth-order valence-corrected chi connectivity index (χ4v) is 2.58. The van der Waals surface area contributed by atoms with Gasteiger partial charge in [-0.3, -0.25) is 4.79 Å². The molecule has 27 heavy (non-hydrogen) atoms. The highest BCUT2D eigenvalue weighted by atomic mass is 35.5. The number of aromatic nitrogens is 1. The van der Waals surface area contributed by atoms with Crippen molar-refractivity contribution in [1.82, 2.24) is 10.3 Å². The highest BCUT2D eigenvalue weighted by Crippen LogP contribution is 2.15. The van der Waals surface area contributed by atoms with Gasteiger partial charge in [-0.25, -0.2) is 4.98 Å².